The van der Waals surface area contributed by atoms with Gasteiger partial charge < -0.3 is 9.64 Å². The van der Waals surface area contributed by atoms with E-state index in [9.17, 15) is 14.4 Å². The Bertz CT molecular complexity index is 1030. The smallest absolute Gasteiger partial charge is 0.410 e. The van der Waals surface area contributed by atoms with E-state index < -0.39 is 0 Å². The molecule has 0 spiro atoms. The lowest BCUT2D eigenvalue weighted by atomic mass is 9.81. The standard InChI is InChI=1S/C23H30N6O4S/c1-23(2)14-19(30)29(20(31)15-23)13-8-16-4-6-17(7-5-16)33-22(32)28-11-9-18(10-12-28)34-21-24-25-26-27(21)3/h4-7,18H,8-15H2,1-3H3. The average Bonchev–Trinajstić information content (AvgIpc) is 3.18. The summed E-state index contributed by atoms with van der Waals surface area (Å²) in [6.07, 6.45) is 2.68. The predicted octanol–water partition coefficient (Wildman–Crippen LogP) is 2.68. The Balaban J connectivity index is 1.22. The van der Waals surface area contributed by atoms with Crippen molar-refractivity contribution in [2.24, 2.45) is 12.5 Å². The van der Waals surface area contributed by atoms with Gasteiger partial charge >= 0.3 is 6.09 Å². The molecule has 0 radical (unpaired) electrons. The minimum atomic E-state index is -0.358. The lowest BCUT2D eigenvalue weighted by molar-refractivity contribution is -0.152. The summed E-state index contributed by atoms with van der Waals surface area (Å²) in [5, 5.41) is 12.6. The minimum Gasteiger partial charge on any atom is -0.410 e. The van der Waals surface area contributed by atoms with Crippen LogP contribution in [0, 0.1) is 5.41 Å². The number of aryl methyl sites for hydroxylation is 1. The molecule has 34 heavy (non-hydrogen) atoms. The molecule has 2 aliphatic heterocycles. The number of imide groups is 1. The van der Waals surface area contributed by atoms with Crippen molar-refractivity contribution in [2.75, 3.05) is 19.6 Å². The zero-order valence-electron chi connectivity index (χ0n) is 19.8. The Morgan fingerprint density at radius 3 is 2.35 bits per heavy atom. The first-order valence-corrected chi connectivity index (χ1v) is 12.4. The molecule has 0 unspecified atom stereocenters. The Morgan fingerprint density at radius 2 is 1.76 bits per heavy atom. The molecule has 11 heteroatoms. The van der Waals surface area contributed by atoms with Crippen LogP contribution < -0.4 is 4.74 Å². The van der Waals surface area contributed by atoms with Crippen LogP contribution in [-0.4, -0.2) is 72.8 Å². The normalized spacial score (nSPS) is 18.9. The van der Waals surface area contributed by atoms with Crippen molar-refractivity contribution < 1.29 is 19.1 Å². The lowest BCUT2D eigenvalue weighted by Gasteiger charge is -2.34. The van der Waals surface area contributed by atoms with E-state index in [0.717, 1.165) is 23.6 Å². The molecule has 3 amide bonds. The molecule has 1 aromatic heterocycles. The van der Waals surface area contributed by atoms with Crippen LogP contribution in [0.4, 0.5) is 4.79 Å². The highest BCUT2D eigenvalue weighted by Gasteiger charge is 2.37. The van der Waals surface area contributed by atoms with Crippen molar-refractivity contribution in [3.63, 3.8) is 0 Å². The van der Waals surface area contributed by atoms with Crippen LogP contribution in [0.3, 0.4) is 0 Å². The number of rotatable bonds is 6. The van der Waals surface area contributed by atoms with Crippen LogP contribution >= 0.6 is 11.8 Å². The summed E-state index contributed by atoms with van der Waals surface area (Å²) in [6.45, 7) is 5.49. The van der Waals surface area contributed by atoms with E-state index in [1.54, 1.807) is 33.5 Å². The fourth-order valence-corrected chi connectivity index (χ4v) is 5.23. The van der Waals surface area contributed by atoms with Crippen LogP contribution in [0.25, 0.3) is 0 Å². The van der Waals surface area contributed by atoms with Crippen molar-refractivity contribution in [1.29, 1.82) is 0 Å². The van der Waals surface area contributed by atoms with E-state index in [0.29, 0.717) is 49.9 Å². The molecular formula is C23H30N6O4S. The third-order valence-corrected chi connectivity index (χ3v) is 7.53. The second-order valence-corrected chi connectivity index (χ2v) is 10.9. The molecule has 2 saturated heterocycles. The van der Waals surface area contributed by atoms with E-state index in [1.165, 1.54) is 4.90 Å². The number of amides is 3. The number of piperidine rings is 2. The summed E-state index contributed by atoms with van der Waals surface area (Å²) >= 11 is 1.63. The zero-order valence-corrected chi connectivity index (χ0v) is 20.6. The third-order valence-electron chi connectivity index (χ3n) is 6.17. The summed E-state index contributed by atoms with van der Waals surface area (Å²) in [4.78, 5) is 40.3. The van der Waals surface area contributed by atoms with Gasteiger partial charge in [0.25, 0.3) is 0 Å². The third kappa shape index (κ3) is 5.94. The van der Waals surface area contributed by atoms with Gasteiger partial charge in [0.05, 0.1) is 0 Å². The van der Waals surface area contributed by atoms with E-state index in [2.05, 4.69) is 15.5 Å². The number of nitrogens with zero attached hydrogens (tertiary/aromatic N) is 6. The second-order valence-electron chi connectivity index (χ2n) is 9.61. The van der Waals surface area contributed by atoms with Crippen molar-refractivity contribution in [3.8, 4) is 5.75 Å². The fraction of sp³-hybridized carbons (Fsp3) is 0.565. The highest BCUT2D eigenvalue weighted by molar-refractivity contribution is 7.99. The number of likely N-dealkylation sites (tertiary alicyclic amines) is 2. The summed E-state index contributed by atoms with van der Waals surface area (Å²) in [7, 11) is 1.81. The largest absolute Gasteiger partial charge is 0.415 e. The molecular weight excluding hydrogens is 456 g/mol. The molecule has 4 rings (SSSR count). The van der Waals surface area contributed by atoms with Crippen molar-refractivity contribution in [2.45, 2.75) is 56.4 Å². The number of aromatic nitrogens is 4. The first-order valence-electron chi connectivity index (χ1n) is 11.5. The van der Waals surface area contributed by atoms with E-state index in [4.69, 9.17) is 4.74 Å². The van der Waals surface area contributed by atoms with Gasteiger partial charge in [0.2, 0.25) is 17.0 Å². The first kappa shape index (κ1) is 24.2. The topological polar surface area (TPSA) is 111 Å². The van der Waals surface area contributed by atoms with Gasteiger partial charge in [-0.15, -0.1) is 5.10 Å². The average molecular weight is 487 g/mol. The van der Waals surface area contributed by atoms with E-state index >= 15 is 0 Å². The number of benzene rings is 1. The van der Waals surface area contributed by atoms with Crippen LogP contribution in [0.2, 0.25) is 0 Å². The van der Waals surface area contributed by atoms with Gasteiger partial charge in [-0.2, -0.15) is 0 Å². The number of hydrogen-bond donors (Lipinski definition) is 0. The molecule has 3 heterocycles. The van der Waals surface area contributed by atoms with Crippen molar-refractivity contribution in [3.05, 3.63) is 29.8 Å². The number of carbonyl (C=O) groups is 3. The van der Waals surface area contributed by atoms with Gasteiger partial charge in [-0.1, -0.05) is 37.7 Å². The second kappa shape index (κ2) is 10.1. The number of hydrogen-bond acceptors (Lipinski definition) is 8. The maximum absolute atomic E-state index is 12.6. The van der Waals surface area contributed by atoms with E-state index in [1.807, 2.05) is 33.0 Å². The molecule has 10 nitrogen and oxygen atoms in total. The number of ether oxygens (including phenoxy) is 1. The van der Waals surface area contributed by atoms with Gasteiger partial charge in [0.1, 0.15) is 5.75 Å². The summed E-state index contributed by atoms with van der Waals surface area (Å²) < 4.78 is 7.20. The van der Waals surface area contributed by atoms with Crippen LogP contribution in [-0.2, 0) is 23.1 Å². The molecule has 0 bridgehead atoms. The summed E-state index contributed by atoms with van der Waals surface area (Å²) in [5.41, 5.74) is 0.708. The molecule has 2 fully saturated rings. The maximum Gasteiger partial charge on any atom is 0.415 e. The lowest BCUT2D eigenvalue weighted by Crippen LogP contribution is -2.46. The zero-order chi connectivity index (χ0) is 24.3. The number of tetrazole rings is 1. The maximum atomic E-state index is 12.6. The van der Waals surface area contributed by atoms with Gasteiger partial charge in [0, 0.05) is 44.8 Å². The molecule has 0 aliphatic carbocycles. The molecule has 0 N–H and O–H groups in total. The Labute approximate surface area is 203 Å². The molecule has 1 aromatic carbocycles. The predicted molar refractivity (Wildman–Crippen MR) is 125 cm³/mol. The summed E-state index contributed by atoms with van der Waals surface area (Å²) in [6, 6.07) is 7.23. The van der Waals surface area contributed by atoms with Crippen molar-refractivity contribution in [1.82, 2.24) is 30.0 Å². The van der Waals surface area contributed by atoms with Crippen LogP contribution in [0.15, 0.2) is 29.4 Å². The molecule has 2 aliphatic rings. The van der Waals surface area contributed by atoms with Gasteiger partial charge in [-0.3, -0.25) is 14.5 Å². The Morgan fingerprint density at radius 1 is 1.12 bits per heavy atom. The van der Waals surface area contributed by atoms with E-state index in [-0.39, 0.29) is 23.3 Å². The van der Waals surface area contributed by atoms with Crippen LogP contribution in [0.1, 0.15) is 45.1 Å². The van der Waals surface area contributed by atoms with Gasteiger partial charge in [-0.05, 0) is 52.8 Å². The quantitative estimate of drug-likeness (QED) is 0.573. The highest BCUT2D eigenvalue weighted by atomic mass is 32.2. The summed E-state index contributed by atoms with van der Waals surface area (Å²) in [5.74, 6) is 0.256. The molecule has 182 valence electrons. The SMILES string of the molecule is Cn1nnnc1SC1CCN(C(=O)Oc2ccc(CCN3C(=O)CC(C)(C)CC3=O)cc2)CC1. The highest BCUT2D eigenvalue weighted by Crippen LogP contribution is 2.32. The molecule has 0 saturated carbocycles. The Hall–Kier alpha value is -2.95. The van der Waals surface area contributed by atoms with Crippen LogP contribution in [0.5, 0.6) is 5.75 Å². The van der Waals surface area contributed by atoms with Crippen molar-refractivity contribution >= 4 is 29.7 Å². The fourth-order valence-electron chi connectivity index (χ4n) is 4.22. The number of thioether (sulfide) groups is 1. The monoisotopic (exact) mass is 486 g/mol. The van der Waals surface area contributed by atoms with Gasteiger partial charge in [-0.25, -0.2) is 9.48 Å². The Kier molecular flexibility index (Phi) is 7.20. The minimum absolute atomic E-state index is 0.109. The molecule has 0 atom stereocenters. The number of carbonyl (C=O) groups excluding carboxylic acids is 3. The first-order chi connectivity index (χ1) is 16.2. The molecule has 2 aromatic rings. The van der Waals surface area contributed by atoms with Gasteiger partial charge in [0.15, 0.2) is 0 Å².